The van der Waals surface area contributed by atoms with Crippen molar-refractivity contribution in [2.24, 2.45) is 0 Å². The Kier molecular flexibility index (Phi) is 3.47. The van der Waals surface area contributed by atoms with Gasteiger partial charge in [0.1, 0.15) is 0 Å². The highest BCUT2D eigenvalue weighted by Gasteiger charge is 2.29. The predicted molar refractivity (Wildman–Crippen MR) is 80.6 cm³/mol. The molecule has 0 fully saturated rings. The average Bonchev–Trinajstić information content (AvgIpc) is 3.12. The van der Waals surface area contributed by atoms with Crippen LogP contribution in [0.2, 0.25) is 0 Å². The topological polar surface area (TPSA) is 63.5 Å². The maximum atomic E-state index is 12.5. The highest BCUT2D eigenvalue weighted by molar-refractivity contribution is 7.17. The smallest absolute Gasteiger partial charge is 0.324 e. The van der Waals surface area contributed by atoms with Gasteiger partial charge in [-0.3, -0.25) is 14.9 Å². The number of carbonyl (C=O) groups excluding carboxylic acids is 1. The van der Waals surface area contributed by atoms with Gasteiger partial charge in [-0.25, -0.2) is 0 Å². The number of nitrogens with zero attached hydrogens (tertiary/aromatic N) is 2. The normalized spacial score (nSPS) is 16.5. The van der Waals surface area contributed by atoms with Gasteiger partial charge in [0.25, 0.3) is 5.91 Å². The molecule has 21 heavy (non-hydrogen) atoms. The molecule has 108 valence electrons. The number of carbonyl (C=O) groups is 1. The summed E-state index contributed by atoms with van der Waals surface area (Å²) in [6.45, 7) is 0. The lowest BCUT2D eigenvalue weighted by Gasteiger charge is -2.24. The molecule has 5 nitrogen and oxygen atoms in total. The summed E-state index contributed by atoms with van der Waals surface area (Å²) >= 11 is 0.927. The zero-order chi connectivity index (χ0) is 15.0. The van der Waals surface area contributed by atoms with Gasteiger partial charge in [0.2, 0.25) is 0 Å². The lowest BCUT2D eigenvalue weighted by molar-refractivity contribution is -0.380. The molecule has 1 heterocycles. The van der Waals surface area contributed by atoms with E-state index in [4.69, 9.17) is 0 Å². The van der Waals surface area contributed by atoms with E-state index in [0.717, 1.165) is 24.2 Å². The number of nitro groups is 1. The first-order chi connectivity index (χ1) is 10.1. The van der Waals surface area contributed by atoms with Gasteiger partial charge in [-0.15, -0.1) is 0 Å². The van der Waals surface area contributed by atoms with Crippen LogP contribution in [0.1, 0.15) is 33.3 Å². The molecule has 0 N–H and O–H groups in total. The van der Waals surface area contributed by atoms with Crippen LogP contribution in [-0.4, -0.2) is 22.8 Å². The Hall–Kier alpha value is -2.21. The third kappa shape index (κ3) is 2.42. The van der Waals surface area contributed by atoms with Crippen molar-refractivity contribution in [3.8, 4) is 0 Å². The summed E-state index contributed by atoms with van der Waals surface area (Å²) in [4.78, 5) is 24.8. The van der Waals surface area contributed by atoms with Crippen LogP contribution in [0.4, 0.5) is 5.00 Å². The molecule has 0 bridgehead atoms. The first kappa shape index (κ1) is 13.8. The van der Waals surface area contributed by atoms with Gasteiger partial charge in [0.15, 0.2) is 0 Å². The van der Waals surface area contributed by atoms with Crippen LogP contribution in [0.15, 0.2) is 36.4 Å². The maximum absolute atomic E-state index is 12.5. The molecule has 1 aliphatic rings. The number of rotatable bonds is 3. The first-order valence-electron chi connectivity index (χ1n) is 6.67. The van der Waals surface area contributed by atoms with Crippen LogP contribution >= 0.6 is 11.3 Å². The minimum absolute atomic E-state index is 0.00132. The van der Waals surface area contributed by atoms with E-state index in [2.05, 4.69) is 6.07 Å². The molecule has 0 spiro atoms. The third-order valence-electron chi connectivity index (χ3n) is 3.87. The highest BCUT2D eigenvalue weighted by atomic mass is 32.1. The SMILES string of the molecule is CN(C(=O)c1ccc([N+](=O)[O-])s1)C1CCc2ccccc21. The van der Waals surface area contributed by atoms with Crippen molar-refractivity contribution < 1.29 is 9.72 Å². The number of hydrogen-bond acceptors (Lipinski definition) is 4. The van der Waals surface area contributed by atoms with E-state index < -0.39 is 4.92 Å². The molecule has 1 unspecified atom stereocenters. The summed E-state index contributed by atoms with van der Waals surface area (Å²) in [6.07, 6.45) is 1.86. The maximum Gasteiger partial charge on any atom is 0.324 e. The molecule has 1 aromatic heterocycles. The summed E-state index contributed by atoms with van der Waals surface area (Å²) < 4.78 is 0. The Labute approximate surface area is 126 Å². The van der Waals surface area contributed by atoms with Crippen molar-refractivity contribution in [3.63, 3.8) is 0 Å². The fourth-order valence-electron chi connectivity index (χ4n) is 2.79. The lowest BCUT2D eigenvalue weighted by Crippen LogP contribution is -2.29. The zero-order valence-corrected chi connectivity index (χ0v) is 12.3. The monoisotopic (exact) mass is 302 g/mol. The molecule has 0 radical (unpaired) electrons. The summed E-state index contributed by atoms with van der Waals surface area (Å²) in [6, 6.07) is 11.1. The molecule has 6 heteroatoms. The minimum atomic E-state index is -0.466. The molecule has 1 aromatic carbocycles. The number of hydrogen-bond donors (Lipinski definition) is 0. The first-order valence-corrected chi connectivity index (χ1v) is 7.49. The number of aryl methyl sites for hydroxylation is 1. The van der Waals surface area contributed by atoms with Gasteiger partial charge in [-0.1, -0.05) is 35.6 Å². The van der Waals surface area contributed by atoms with Gasteiger partial charge >= 0.3 is 5.00 Å². The Bertz CT molecular complexity index is 710. The lowest BCUT2D eigenvalue weighted by atomic mass is 10.1. The van der Waals surface area contributed by atoms with Gasteiger partial charge in [-0.05, 0) is 30.0 Å². The summed E-state index contributed by atoms with van der Waals surface area (Å²) in [7, 11) is 1.76. The van der Waals surface area contributed by atoms with E-state index in [1.807, 2.05) is 18.2 Å². The summed E-state index contributed by atoms with van der Waals surface area (Å²) in [5.41, 5.74) is 2.46. The van der Waals surface area contributed by atoms with E-state index in [1.165, 1.54) is 23.3 Å². The van der Waals surface area contributed by atoms with E-state index in [-0.39, 0.29) is 17.0 Å². The largest absolute Gasteiger partial charge is 0.334 e. The zero-order valence-electron chi connectivity index (χ0n) is 11.5. The van der Waals surface area contributed by atoms with Crippen LogP contribution in [0.3, 0.4) is 0 Å². The van der Waals surface area contributed by atoms with Crippen LogP contribution in [0.25, 0.3) is 0 Å². The Balaban J connectivity index is 1.83. The molecule has 1 aliphatic carbocycles. The Morgan fingerprint density at radius 3 is 2.81 bits per heavy atom. The quantitative estimate of drug-likeness (QED) is 0.644. The Morgan fingerprint density at radius 2 is 2.10 bits per heavy atom. The van der Waals surface area contributed by atoms with Gasteiger partial charge in [0, 0.05) is 13.1 Å². The predicted octanol–water partition coefficient (Wildman–Crippen LogP) is 3.42. The van der Waals surface area contributed by atoms with E-state index in [1.54, 1.807) is 11.9 Å². The second-order valence-electron chi connectivity index (χ2n) is 5.06. The molecule has 1 atom stereocenters. The summed E-state index contributed by atoms with van der Waals surface area (Å²) in [5, 5.41) is 10.7. The highest BCUT2D eigenvalue weighted by Crippen LogP contribution is 2.36. The molecule has 1 amide bonds. The Morgan fingerprint density at radius 1 is 1.33 bits per heavy atom. The fourth-order valence-corrected chi connectivity index (χ4v) is 3.60. The third-order valence-corrected chi connectivity index (χ3v) is 4.90. The molecule has 2 aromatic rings. The minimum Gasteiger partial charge on any atom is -0.334 e. The van der Waals surface area contributed by atoms with Gasteiger partial charge < -0.3 is 4.90 Å². The standard InChI is InChI=1S/C15H14N2O3S/c1-16(12-7-6-10-4-2-3-5-11(10)12)15(18)13-8-9-14(21-13)17(19)20/h2-5,8-9,12H,6-7H2,1H3. The number of benzene rings is 1. The molecular weight excluding hydrogens is 288 g/mol. The van der Waals surface area contributed by atoms with E-state index in [0.29, 0.717) is 4.88 Å². The second-order valence-corrected chi connectivity index (χ2v) is 6.13. The summed E-state index contributed by atoms with van der Waals surface area (Å²) in [5.74, 6) is -0.158. The van der Waals surface area contributed by atoms with Crippen molar-refractivity contribution in [2.75, 3.05) is 7.05 Å². The second kappa shape index (κ2) is 5.29. The number of fused-ring (bicyclic) bond motifs is 1. The molecule has 0 aliphatic heterocycles. The van der Waals surface area contributed by atoms with Gasteiger partial charge in [-0.2, -0.15) is 0 Å². The van der Waals surface area contributed by atoms with Crippen LogP contribution in [0, 0.1) is 10.1 Å². The van der Waals surface area contributed by atoms with Crippen molar-refractivity contribution in [3.05, 3.63) is 62.5 Å². The molecule has 0 saturated heterocycles. The van der Waals surface area contributed by atoms with Crippen molar-refractivity contribution in [1.29, 1.82) is 0 Å². The van der Waals surface area contributed by atoms with Crippen molar-refractivity contribution in [2.45, 2.75) is 18.9 Å². The molecule has 0 saturated carbocycles. The number of thiophene rings is 1. The van der Waals surface area contributed by atoms with Gasteiger partial charge in [0.05, 0.1) is 15.8 Å². The number of amides is 1. The fraction of sp³-hybridized carbons (Fsp3) is 0.267. The molecule has 3 rings (SSSR count). The van der Waals surface area contributed by atoms with Crippen molar-refractivity contribution in [1.82, 2.24) is 4.90 Å². The van der Waals surface area contributed by atoms with Crippen molar-refractivity contribution >= 4 is 22.2 Å². The van der Waals surface area contributed by atoms with Crippen LogP contribution in [0.5, 0.6) is 0 Å². The van der Waals surface area contributed by atoms with E-state index >= 15 is 0 Å². The molecular formula is C15H14N2O3S. The average molecular weight is 302 g/mol. The van der Waals surface area contributed by atoms with E-state index in [9.17, 15) is 14.9 Å². The van der Waals surface area contributed by atoms with Crippen LogP contribution in [-0.2, 0) is 6.42 Å². The van der Waals surface area contributed by atoms with Crippen LogP contribution < -0.4 is 0 Å².